The first-order valence-corrected chi connectivity index (χ1v) is 15.5. The van der Waals surface area contributed by atoms with Crippen LogP contribution in [-0.4, -0.2) is 35.3 Å². The van der Waals surface area contributed by atoms with Crippen molar-refractivity contribution in [3.8, 4) is 0 Å². The number of rotatable bonds is 10. The molecule has 39 heavy (non-hydrogen) atoms. The van der Waals surface area contributed by atoms with Crippen molar-refractivity contribution in [1.29, 1.82) is 0 Å². The Morgan fingerprint density at radius 2 is 1.77 bits per heavy atom. The molecule has 0 bridgehead atoms. The third-order valence-electron chi connectivity index (χ3n) is 8.31. The van der Waals surface area contributed by atoms with Crippen molar-refractivity contribution in [1.82, 2.24) is 4.57 Å². The highest BCUT2D eigenvalue weighted by atomic mass is 32.2. The summed E-state index contributed by atoms with van der Waals surface area (Å²) in [6, 6.07) is 6.12. The first kappa shape index (κ1) is 31.4. The first-order valence-electron chi connectivity index (χ1n) is 14.4. The standard InChI is InChI=1S/C33H47F3N2S/c1-9-12-23(4)19-27(25(6)24(5)10-2)31-29(21-32(7,8)11-3)28-20-26(37-15-17-39-18-16-37)13-14-30(28)38(31)22-33(34,35)36/h9,12-14,19-20,24H,10-11,15-18,21-22H2,1-8H3/b12-9+,23-19-,27-25-. The van der Waals surface area contributed by atoms with Crippen molar-refractivity contribution < 1.29 is 13.2 Å². The third-order valence-corrected chi connectivity index (χ3v) is 9.25. The van der Waals surface area contributed by atoms with Gasteiger partial charge in [0.15, 0.2) is 0 Å². The van der Waals surface area contributed by atoms with Crippen LogP contribution in [-0.2, 0) is 13.0 Å². The minimum atomic E-state index is -4.33. The molecule has 0 aliphatic carbocycles. The molecule has 1 aromatic heterocycles. The molecule has 2 aromatic rings. The van der Waals surface area contributed by atoms with Crippen LogP contribution < -0.4 is 4.90 Å². The second kappa shape index (κ2) is 13.1. The number of hydrogen-bond donors (Lipinski definition) is 0. The summed E-state index contributed by atoms with van der Waals surface area (Å²) >= 11 is 1.96. The number of thioether (sulfide) groups is 1. The first-order chi connectivity index (χ1) is 18.3. The van der Waals surface area contributed by atoms with Gasteiger partial charge in [0.25, 0.3) is 0 Å². The van der Waals surface area contributed by atoms with Gasteiger partial charge in [0.05, 0.1) is 5.69 Å². The molecule has 0 amide bonds. The Morgan fingerprint density at radius 1 is 1.10 bits per heavy atom. The molecule has 1 aromatic carbocycles. The molecule has 1 fully saturated rings. The van der Waals surface area contributed by atoms with Crippen LogP contribution in [0.15, 0.2) is 47.6 Å². The molecule has 1 unspecified atom stereocenters. The summed E-state index contributed by atoms with van der Waals surface area (Å²) in [7, 11) is 0. The zero-order valence-electron chi connectivity index (χ0n) is 25.1. The predicted molar refractivity (Wildman–Crippen MR) is 166 cm³/mol. The van der Waals surface area contributed by atoms with E-state index >= 15 is 0 Å². The number of halogens is 3. The molecule has 0 N–H and O–H groups in total. The van der Waals surface area contributed by atoms with Gasteiger partial charge in [0.2, 0.25) is 0 Å². The summed E-state index contributed by atoms with van der Waals surface area (Å²) in [6.45, 7) is 18.0. The quantitative estimate of drug-likeness (QED) is 0.267. The van der Waals surface area contributed by atoms with Crippen LogP contribution >= 0.6 is 11.8 Å². The number of alkyl halides is 3. The fourth-order valence-electron chi connectivity index (χ4n) is 5.34. The molecule has 6 heteroatoms. The van der Waals surface area contributed by atoms with E-state index in [-0.39, 0.29) is 11.3 Å². The zero-order valence-corrected chi connectivity index (χ0v) is 26.0. The van der Waals surface area contributed by atoms with Gasteiger partial charge in [-0.25, -0.2) is 0 Å². The molecule has 2 nitrogen and oxygen atoms in total. The van der Waals surface area contributed by atoms with Gasteiger partial charge in [-0.1, -0.05) is 64.3 Å². The molecule has 1 atom stereocenters. The fourth-order valence-corrected chi connectivity index (χ4v) is 6.25. The Hall–Kier alpha value is -2.08. The van der Waals surface area contributed by atoms with Crippen LogP contribution in [0.1, 0.15) is 79.5 Å². The van der Waals surface area contributed by atoms with Gasteiger partial charge in [-0.3, -0.25) is 0 Å². The van der Waals surface area contributed by atoms with Gasteiger partial charge in [0.1, 0.15) is 6.54 Å². The molecule has 3 rings (SSSR count). The average Bonchev–Trinajstić information content (AvgIpc) is 3.17. The molecule has 1 saturated heterocycles. The maximum Gasteiger partial charge on any atom is 0.406 e. The van der Waals surface area contributed by atoms with E-state index in [4.69, 9.17) is 0 Å². The molecule has 0 saturated carbocycles. The number of fused-ring (bicyclic) bond motifs is 1. The van der Waals surface area contributed by atoms with Gasteiger partial charge < -0.3 is 9.47 Å². The molecular formula is C33H47F3N2S. The normalized spacial score (nSPS) is 17.3. The summed E-state index contributed by atoms with van der Waals surface area (Å²) < 4.78 is 44.3. The van der Waals surface area contributed by atoms with E-state index in [0.717, 1.165) is 76.5 Å². The number of nitrogens with zero attached hydrogens (tertiary/aromatic N) is 2. The van der Waals surface area contributed by atoms with Gasteiger partial charge in [-0.05, 0) is 80.4 Å². The molecule has 1 aliphatic heterocycles. The lowest BCUT2D eigenvalue weighted by Crippen LogP contribution is -2.32. The van der Waals surface area contributed by atoms with Crippen LogP contribution in [0.2, 0.25) is 0 Å². The van der Waals surface area contributed by atoms with Crippen molar-refractivity contribution in [2.75, 3.05) is 29.5 Å². The largest absolute Gasteiger partial charge is 0.406 e. The Bertz CT molecular complexity index is 1220. The van der Waals surface area contributed by atoms with E-state index in [2.05, 4.69) is 58.6 Å². The topological polar surface area (TPSA) is 8.17 Å². The minimum absolute atomic E-state index is 0.0542. The van der Waals surface area contributed by atoms with Crippen LogP contribution in [0.3, 0.4) is 0 Å². The molecule has 2 heterocycles. The van der Waals surface area contributed by atoms with Gasteiger partial charge in [-0.2, -0.15) is 24.9 Å². The highest BCUT2D eigenvalue weighted by molar-refractivity contribution is 7.99. The summed E-state index contributed by atoms with van der Waals surface area (Å²) in [5.74, 6) is 2.40. The van der Waals surface area contributed by atoms with Crippen LogP contribution in [0, 0.1) is 11.3 Å². The van der Waals surface area contributed by atoms with E-state index in [9.17, 15) is 13.2 Å². The van der Waals surface area contributed by atoms with E-state index < -0.39 is 12.7 Å². The Balaban J connectivity index is 2.47. The van der Waals surface area contributed by atoms with Gasteiger partial charge >= 0.3 is 6.18 Å². The highest BCUT2D eigenvalue weighted by Gasteiger charge is 2.34. The van der Waals surface area contributed by atoms with Crippen molar-refractivity contribution in [2.45, 2.75) is 87.4 Å². The highest BCUT2D eigenvalue weighted by Crippen LogP contribution is 2.42. The van der Waals surface area contributed by atoms with Crippen molar-refractivity contribution >= 4 is 33.9 Å². The number of allylic oxidation sites excluding steroid dienone is 6. The average molecular weight is 561 g/mol. The van der Waals surface area contributed by atoms with Crippen LogP contribution in [0.25, 0.3) is 16.5 Å². The lowest BCUT2D eigenvalue weighted by Gasteiger charge is -2.29. The van der Waals surface area contributed by atoms with Gasteiger partial charge in [0, 0.05) is 41.2 Å². The number of anilines is 1. The molecule has 216 valence electrons. The van der Waals surface area contributed by atoms with Crippen LogP contribution in [0.4, 0.5) is 18.9 Å². The zero-order chi connectivity index (χ0) is 29.0. The SMILES string of the molecule is C/C=C/C(C)=C\C(=C(/C)C(C)CC)c1c(CC(C)(C)CC)c2cc(N3CCSCC3)ccc2n1CC(F)(F)F. The predicted octanol–water partition coefficient (Wildman–Crippen LogP) is 10.1. The molecule has 1 aliphatic rings. The van der Waals surface area contributed by atoms with E-state index in [1.54, 1.807) is 4.57 Å². The Morgan fingerprint density at radius 3 is 2.33 bits per heavy atom. The van der Waals surface area contributed by atoms with Crippen molar-refractivity contribution in [2.24, 2.45) is 11.3 Å². The second-order valence-electron chi connectivity index (χ2n) is 11.8. The van der Waals surface area contributed by atoms with Crippen molar-refractivity contribution in [3.05, 3.63) is 58.8 Å². The Kier molecular flexibility index (Phi) is 10.5. The van der Waals surface area contributed by atoms with E-state index in [0.29, 0.717) is 11.9 Å². The number of aromatic nitrogens is 1. The lowest BCUT2D eigenvalue weighted by molar-refractivity contribution is -0.140. The summed E-state index contributed by atoms with van der Waals surface area (Å²) in [6.07, 6.45) is 4.37. The maximum atomic E-state index is 14.2. The number of benzene rings is 1. The molecule has 0 spiro atoms. The van der Waals surface area contributed by atoms with Gasteiger partial charge in [-0.15, -0.1) is 0 Å². The lowest BCUT2D eigenvalue weighted by atomic mass is 9.81. The van der Waals surface area contributed by atoms with E-state index in [1.165, 1.54) is 0 Å². The van der Waals surface area contributed by atoms with Crippen molar-refractivity contribution in [3.63, 3.8) is 0 Å². The second-order valence-corrected chi connectivity index (χ2v) is 13.0. The monoisotopic (exact) mass is 560 g/mol. The Labute approximate surface area is 238 Å². The summed E-state index contributed by atoms with van der Waals surface area (Å²) in [5.41, 5.74) is 6.60. The third kappa shape index (κ3) is 7.77. The summed E-state index contributed by atoms with van der Waals surface area (Å²) in [5, 5.41) is 0.957. The maximum absolute atomic E-state index is 14.2. The molecular weight excluding hydrogens is 513 g/mol. The van der Waals surface area contributed by atoms with Crippen LogP contribution in [0.5, 0.6) is 0 Å². The number of hydrogen-bond acceptors (Lipinski definition) is 2. The van der Waals surface area contributed by atoms with E-state index in [1.807, 2.05) is 49.9 Å². The minimum Gasteiger partial charge on any atom is -0.370 e. The summed E-state index contributed by atoms with van der Waals surface area (Å²) in [4.78, 5) is 2.38. The smallest absolute Gasteiger partial charge is 0.370 e. The fraction of sp³-hybridized carbons (Fsp3) is 0.576. The molecule has 0 radical (unpaired) electrons.